The number of ether oxygens (including phenoxy) is 1. The third-order valence-electron chi connectivity index (χ3n) is 4.13. The molecule has 5 nitrogen and oxygen atoms in total. The summed E-state index contributed by atoms with van der Waals surface area (Å²) in [4.78, 5) is 9.35. The Kier molecular flexibility index (Phi) is 4.43. The van der Waals surface area contributed by atoms with E-state index < -0.39 is 0 Å². The average Bonchev–Trinajstić information content (AvgIpc) is 2.96. The molecule has 24 heavy (non-hydrogen) atoms. The number of nitrogens with zero attached hydrogens (tertiary/aromatic N) is 4. The van der Waals surface area contributed by atoms with Crippen LogP contribution in [0.4, 0.5) is 0 Å². The molecule has 1 aliphatic rings. The van der Waals surface area contributed by atoms with Gasteiger partial charge in [0.15, 0.2) is 6.23 Å². The van der Waals surface area contributed by atoms with E-state index in [1.165, 1.54) is 18.2 Å². The molecule has 1 unspecified atom stereocenters. The maximum atomic E-state index is 6.69. The molecule has 0 spiro atoms. The molecule has 1 fully saturated rings. The van der Waals surface area contributed by atoms with E-state index in [1.54, 1.807) is 18.6 Å². The molecular weight excluding hydrogens is 344 g/mol. The third kappa shape index (κ3) is 2.90. The van der Waals surface area contributed by atoms with Crippen LogP contribution in [-0.2, 0) is 4.74 Å². The molecule has 0 saturated carbocycles. The summed E-state index contributed by atoms with van der Waals surface area (Å²) in [5, 5.41) is 7.21. The van der Waals surface area contributed by atoms with Crippen LogP contribution < -0.4 is 0 Å². The van der Waals surface area contributed by atoms with Crippen molar-refractivity contribution >= 4 is 34.3 Å². The van der Waals surface area contributed by atoms with E-state index in [4.69, 9.17) is 21.4 Å². The van der Waals surface area contributed by atoms with Crippen LogP contribution in [0.25, 0.3) is 10.9 Å². The molecule has 3 heterocycles. The lowest BCUT2D eigenvalue weighted by Crippen LogP contribution is -2.19. The molecule has 0 radical (unpaired) electrons. The Hall–Kier alpha value is -1.63. The molecule has 1 atom stereocenters. The van der Waals surface area contributed by atoms with Crippen molar-refractivity contribution in [1.29, 1.82) is 0 Å². The summed E-state index contributed by atoms with van der Waals surface area (Å²) in [6.07, 6.45) is 8.35. The molecule has 4 rings (SSSR count). The Morgan fingerprint density at radius 2 is 2.21 bits per heavy atom. The van der Waals surface area contributed by atoms with Gasteiger partial charge in [0.05, 0.1) is 22.4 Å². The Balaban J connectivity index is 1.75. The quantitative estimate of drug-likeness (QED) is 0.681. The van der Waals surface area contributed by atoms with Gasteiger partial charge in [0.1, 0.15) is 5.03 Å². The van der Waals surface area contributed by atoms with Crippen molar-refractivity contribution in [1.82, 2.24) is 19.7 Å². The fraction of sp³-hybridized carbons (Fsp3) is 0.353. The highest BCUT2D eigenvalue weighted by molar-refractivity contribution is 7.99. The molecule has 0 aliphatic carbocycles. The zero-order valence-electron chi connectivity index (χ0n) is 13.3. The van der Waals surface area contributed by atoms with Gasteiger partial charge in [-0.15, -0.1) is 0 Å². The second-order valence-corrected chi connectivity index (χ2v) is 7.21. The summed E-state index contributed by atoms with van der Waals surface area (Å²) < 4.78 is 7.86. The van der Waals surface area contributed by atoms with Crippen LogP contribution in [0, 0.1) is 6.92 Å². The van der Waals surface area contributed by atoms with Gasteiger partial charge in [-0.3, -0.25) is 4.98 Å². The molecule has 0 N–H and O–H groups in total. The fourth-order valence-electron chi connectivity index (χ4n) is 3.01. The first-order chi connectivity index (χ1) is 11.7. The molecule has 0 bridgehead atoms. The highest BCUT2D eigenvalue weighted by atomic mass is 35.5. The van der Waals surface area contributed by atoms with Crippen molar-refractivity contribution in [3.8, 4) is 0 Å². The van der Waals surface area contributed by atoms with Gasteiger partial charge in [-0.05, 0) is 38.3 Å². The maximum absolute atomic E-state index is 6.69. The van der Waals surface area contributed by atoms with Gasteiger partial charge in [-0.1, -0.05) is 23.4 Å². The molecule has 3 aromatic rings. The maximum Gasteiger partial charge on any atom is 0.150 e. The zero-order valence-corrected chi connectivity index (χ0v) is 14.8. The predicted molar refractivity (Wildman–Crippen MR) is 94.5 cm³/mol. The monoisotopic (exact) mass is 360 g/mol. The van der Waals surface area contributed by atoms with Crippen LogP contribution >= 0.6 is 23.4 Å². The van der Waals surface area contributed by atoms with E-state index in [2.05, 4.69) is 16.0 Å². The lowest BCUT2D eigenvalue weighted by Gasteiger charge is -2.23. The number of aryl methyl sites for hydroxylation is 1. The molecule has 1 aromatic carbocycles. The summed E-state index contributed by atoms with van der Waals surface area (Å²) in [5.74, 6) is 0. The molecule has 1 aliphatic heterocycles. The lowest BCUT2D eigenvalue weighted by atomic mass is 10.2. The van der Waals surface area contributed by atoms with Crippen LogP contribution in [0.5, 0.6) is 0 Å². The minimum Gasteiger partial charge on any atom is -0.356 e. The normalized spacial score (nSPS) is 18.2. The second kappa shape index (κ2) is 6.70. The Morgan fingerprint density at radius 3 is 2.96 bits per heavy atom. The Labute approximate surface area is 149 Å². The molecule has 1 saturated heterocycles. The van der Waals surface area contributed by atoms with E-state index in [1.807, 2.05) is 17.7 Å². The van der Waals surface area contributed by atoms with Crippen molar-refractivity contribution in [2.24, 2.45) is 0 Å². The minimum atomic E-state index is 0.00418. The Bertz CT molecular complexity index is 862. The molecule has 2 aromatic heterocycles. The molecule has 7 heteroatoms. The van der Waals surface area contributed by atoms with Crippen LogP contribution in [0.1, 0.15) is 31.2 Å². The highest BCUT2D eigenvalue weighted by Crippen LogP contribution is 2.39. The van der Waals surface area contributed by atoms with Crippen LogP contribution in [-0.4, -0.2) is 26.4 Å². The van der Waals surface area contributed by atoms with Gasteiger partial charge in [0, 0.05) is 29.3 Å². The second-order valence-electron chi connectivity index (χ2n) is 5.77. The summed E-state index contributed by atoms with van der Waals surface area (Å²) >= 11 is 8.19. The van der Waals surface area contributed by atoms with Gasteiger partial charge in [0.25, 0.3) is 0 Å². The number of fused-ring (bicyclic) bond motifs is 1. The predicted octanol–water partition coefficient (Wildman–Crippen LogP) is 4.64. The number of halogens is 1. The van der Waals surface area contributed by atoms with Crippen molar-refractivity contribution in [2.75, 3.05) is 6.61 Å². The van der Waals surface area contributed by atoms with Gasteiger partial charge >= 0.3 is 0 Å². The van der Waals surface area contributed by atoms with E-state index >= 15 is 0 Å². The minimum absolute atomic E-state index is 0.00418. The first kappa shape index (κ1) is 15.9. The number of aromatic nitrogens is 4. The lowest BCUT2D eigenvalue weighted by molar-refractivity contribution is -0.0368. The summed E-state index contributed by atoms with van der Waals surface area (Å²) in [6.45, 7) is 2.78. The summed E-state index contributed by atoms with van der Waals surface area (Å²) in [6, 6.07) is 4.09. The number of benzene rings is 1. The van der Waals surface area contributed by atoms with Crippen molar-refractivity contribution in [3.63, 3.8) is 0 Å². The summed E-state index contributed by atoms with van der Waals surface area (Å²) in [5.41, 5.74) is 1.94. The van der Waals surface area contributed by atoms with Crippen molar-refractivity contribution in [2.45, 2.75) is 42.3 Å². The molecule has 124 valence electrons. The standard InChI is InChI=1S/C17H17ClN4OS/c1-11-16-12(22(21-11)15-4-2-3-9-23-15)5-6-13(17(16)18)24-14-10-19-7-8-20-14/h5-8,10,15H,2-4,9H2,1H3. The van der Waals surface area contributed by atoms with Crippen LogP contribution in [0.15, 0.2) is 40.6 Å². The number of hydrogen-bond acceptors (Lipinski definition) is 5. The van der Waals surface area contributed by atoms with Gasteiger partial charge < -0.3 is 4.74 Å². The van der Waals surface area contributed by atoms with Crippen LogP contribution in [0.3, 0.4) is 0 Å². The van der Waals surface area contributed by atoms with E-state index in [0.717, 1.165) is 46.0 Å². The van der Waals surface area contributed by atoms with Gasteiger partial charge in [-0.25, -0.2) is 9.67 Å². The first-order valence-electron chi connectivity index (χ1n) is 7.97. The molecule has 0 amide bonds. The number of rotatable bonds is 3. The van der Waals surface area contributed by atoms with Gasteiger partial charge in [-0.2, -0.15) is 5.10 Å². The van der Waals surface area contributed by atoms with Crippen LogP contribution in [0.2, 0.25) is 5.02 Å². The fourth-order valence-corrected chi connectivity index (χ4v) is 4.21. The van der Waals surface area contributed by atoms with E-state index in [0.29, 0.717) is 5.02 Å². The van der Waals surface area contributed by atoms with E-state index in [-0.39, 0.29) is 6.23 Å². The van der Waals surface area contributed by atoms with E-state index in [9.17, 15) is 0 Å². The first-order valence-corrected chi connectivity index (χ1v) is 9.16. The highest BCUT2D eigenvalue weighted by Gasteiger charge is 2.22. The van der Waals surface area contributed by atoms with Gasteiger partial charge in [0.2, 0.25) is 0 Å². The third-order valence-corrected chi connectivity index (χ3v) is 5.62. The largest absolute Gasteiger partial charge is 0.356 e. The SMILES string of the molecule is Cc1nn(C2CCCCO2)c2ccc(Sc3cnccn3)c(Cl)c12. The molecular formula is C17H17ClN4OS. The van der Waals surface area contributed by atoms with Crippen molar-refractivity contribution < 1.29 is 4.74 Å². The summed E-state index contributed by atoms with van der Waals surface area (Å²) in [7, 11) is 0. The topological polar surface area (TPSA) is 52.8 Å². The van der Waals surface area contributed by atoms with Crippen molar-refractivity contribution in [3.05, 3.63) is 41.4 Å². The number of hydrogen-bond donors (Lipinski definition) is 0. The zero-order chi connectivity index (χ0) is 16.5. The smallest absolute Gasteiger partial charge is 0.150 e. The average molecular weight is 361 g/mol. The Morgan fingerprint density at radius 1 is 1.29 bits per heavy atom.